The van der Waals surface area contributed by atoms with E-state index in [1.807, 2.05) is 54.3 Å². The van der Waals surface area contributed by atoms with Crippen molar-refractivity contribution < 1.29 is 14.3 Å². The first-order chi connectivity index (χ1) is 10.7. The summed E-state index contributed by atoms with van der Waals surface area (Å²) < 4.78 is 11.1. The monoisotopic (exact) mass is 297 g/mol. The number of ether oxygens (including phenoxy) is 2. The third-order valence-corrected chi connectivity index (χ3v) is 3.74. The molecule has 0 radical (unpaired) electrons. The quantitative estimate of drug-likeness (QED) is 0.855. The van der Waals surface area contributed by atoms with Crippen LogP contribution in [-0.4, -0.2) is 30.6 Å². The summed E-state index contributed by atoms with van der Waals surface area (Å²) >= 11 is 0. The van der Waals surface area contributed by atoms with Gasteiger partial charge < -0.3 is 14.4 Å². The van der Waals surface area contributed by atoms with Crippen LogP contribution < -0.4 is 9.47 Å². The molecule has 1 aliphatic heterocycles. The van der Waals surface area contributed by atoms with Crippen LogP contribution in [0.3, 0.4) is 0 Å². The van der Waals surface area contributed by atoms with Crippen molar-refractivity contribution in [1.29, 1.82) is 0 Å². The summed E-state index contributed by atoms with van der Waals surface area (Å²) in [6.07, 6.45) is -0.0433. The van der Waals surface area contributed by atoms with Crippen molar-refractivity contribution in [1.82, 2.24) is 4.90 Å². The average molecular weight is 297 g/mol. The van der Waals surface area contributed by atoms with Gasteiger partial charge in [0.25, 0.3) is 5.91 Å². The molecule has 0 saturated heterocycles. The van der Waals surface area contributed by atoms with E-state index in [0.717, 1.165) is 11.3 Å². The standard InChI is InChI=1S/C18H19NO3/c1-13-11-19(12-15-6-3-4-9-17(15)22-13)18(20)14-7-5-8-16(10-14)21-2/h3-10,13H,11-12H2,1-2H3. The van der Waals surface area contributed by atoms with Gasteiger partial charge in [0.05, 0.1) is 13.7 Å². The molecular weight excluding hydrogens is 278 g/mol. The molecule has 0 spiro atoms. The fourth-order valence-electron chi connectivity index (χ4n) is 2.68. The zero-order chi connectivity index (χ0) is 15.5. The first-order valence-electron chi connectivity index (χ1n) is 7.35. The van der Waals surface area contributed by atoms with Crippen molar-refractivity contribution in [3.63, 3.8) is 0 Å². The molecule has 1 unspecified atom stereocenters. The van der Waals surface area contributed by atoms with Crippen LogP contribution in [0, 0.1) is 0 Å². The Kier molecular flexibility index (Phi) is 4.00. The Morgan fingerprint density at radius 1 is 1.23 bits per heavy atom. The Morgan fingerprint density at radius 3 is 2.86 bits per heavy atom. The average Bonchev–Trinajstić information content (AvgIpc) is 2.72. The molecule has 3 rings (SSSR count). The van der Waals surface area contributed by atoms with E-state index in [1.165, 1.54) is 0 Å². The van der Waals surface area contributed by atoms with Crippen molar-refractivity contribution in [2.45, 2.75) is 19.6 Å². The number of nitrogens with zero attached hydrogens (tertiary/aromatic N) is 1. The molecule has 0 saturated carbocycles. The molecule has 0 aliphatic carbocycles. The summed E-state index contributed by atoms with van der Waals surface area (Å²) in [5, 5.41) is 0. The van der Waals surface area contributed by atoms with Crippen molar-refractivity contribution in [3.05, 3.63) is 59.7 Å². The van der Waals surface area contributed by atoms with Crippen LogP contribution in [0.4, 0.5) is 0 Å². The van der Waals surface area contributed by atoms with Crippen molar-refractivity contribution in [2.75, 3.05) is 13.7 Å². The maximum absolute atomic E-state index is 12.8. The largest absolute Gasteiger partial charge is 0.497 e. The fourth-order valence-corrected chi connectivity index (χ4v) is 2.68. The molecule has 4 nitrogen and oxygen atoms in total. The normalized spacial score (nSPS) is 17.2. The molecule has 22 heavy (non-hydrogen) atoms. The van der Waals surface area contributed by atoms with Crippen molar-refractivity contribution >= 4 is 5.91 Å². The summed E-state index contributed by atoms with van der Waals surface area (Å²) in [4.78, 5) is 14.6. The summed E-state index contributed by atoms with van der Waals surface area (Å²) in [7, 11) is 1.60. The molecule has 0 fully saturated rings. The van der Waals surface area contributed by atoms with Gasteiger partial charge in [0.2, 0.25) is 0 Å². The first kappa shape index (κ1) is 14.4. The van der Waals surface area contributed by atoms with E-state index in [1.54, 1.807) is 13.2 Å². The summed E-state index contributed by atoms with van der Waals surface area (Å²) in [6, 6.07) is 15.1. The highest BCUT2D eigenvalue weighted by atomic mass is 16.5. The lowest BCUT2D eigenvalue weighted by atomic mass is 10.1. The van der Waals surface area contributed by atoms with E-state index in [0.29, 0.717) is 24.4 Å². The maximum atomic E-state index is 12.8. The minimum atomic E-state index is -0.0433. The van der Waals surface area contributed by atoms with Gasteiger partial charge in [-0.1, -0.05) is 24.3 Å². The number of amides is 1. The highest BCUT2D eigenvalue weighted by molar-refractivity contribution is 5.94. The summed E-state index contributed by atoms with van der Waals surface area (Å²) in [5.41, 5.74) is 1.66. The van der Waals surface area contributed by atoms with Gasteiger partial charge in [-0.15, -0.1) is 0 Å². The number of methoxy groups -OCH3 is 1. The van der Waals surface area contributed by atoms with Gasteiger partial charge in [0.15, 0.2) is 0 Å². The number of hydrogen-bond acceptors (Lipinski definition) is 3. The predicted octanol–water partition coefficient (Wildman–Crippen LogP) is 3.12. The molecule has 0 aromatic heterocycles. The third kappa shape index (κ3) is 2.91. The van der Waals surface area contributed by atoms with E-state index in [4.69, 9.17) is 9.47 Å². The minimum Gasteiger partial charge on any atom is -0.497 e. The number of carbonyl (C=O) groups excluding carboxylic acids is 1. The van der Waals surface area contributed by atoms with Crippen LogP contribution in [0.5, 0.6) is 11.5 Å². The molecule has 0 bridgehead atoms. The molecule has 0 N–H and O–H groups in total. The number of benzene rings is 2. The second kappa shape index (κ2) is 6.10. The van der Waals surface area contributed by atoms with E-state index in [-0.39, 0.29) is 12.0 Å². The highest BCUT2D eigenvalue weighted by Gasteiger charge is 2.24. The third-order valence-electron chi connectivity index (χ3n) is 3.74. The van der Waals surface area contributed by atoms with E-state index in [2.05, 4.69) is 0 Å². The highest BCUT2D eigenvalue weighted by Crippen LogP contribution is 2.26. The lowest BCUT2D eigenvalue weighted by Crippen LogP contribution is -2.36. The Labute approximate surface area is 130 Å². The second-order valence-electron chi connectivity index (χ2n) is 5.45. The zero-order valence-corrected chi connectivity index (χ0v) is 12.8. The van der Waals surface area contributed by atoms with Gasteiger partial charge in [-0.05, 0) is 31.2 Å². The van der Waals surface area contributed by atoms with Gasteiger partial charge in [-0.3, -0.25) is 4.79 Å². The van der Waals surface area contributed by atoms with E-state index >= 15 is 0 Å². The van der Waals surface area contributed by atoms with Gasteiger partial charge in [0, 0.05) is 17.7 Å². The smallest absolute Gasteiger partial charge is 0.254 e. The molecule has 1 amide bonds. The van der Waals surface area contributed by atoms with Crippen molar-refractivity contribution in [3.8, 4) is 11.5 Å². The van der Waals surface area contributed by atoms with Gasteiger partial charge in [0.1, 0.15) is 17.6 Å². The van der Waals surface area contributed by atoms with Gasteiger partial charge >= 0.3 is 0 Å². The number of hydrogen-bond donors (Lipinski definition) is 0. The summed E-state index contributed by atoms with van der Waals surface area (Å²) in [5.74, 6) is 1.53. The number of carbonyl (C=O) groups is 1. The van der Waals surface area contributed by atoms with Gasteiger partial charge in [-0.25, -0.2) is 0 Å². The molecule has 1 heterocycles. The Hall–Kier alpha value is -2.49. The van der Waals surface area contributed by atoms with Crippen molar-refractivity contribution in [2.24, 2.45) is 0 Å². The Balaban J connectivity index is 1.88. The van der Waals surface area contributed by atoms with E-state index < -0.39 is 0 Å². The van der Waals surface area contributed by atoms with Crippen LogP contribution in [0.15, 0.2) is 48.5 Å². The lowest BCUT2D eigenvalue weighted by molar-refractivity contribution is 0.0690. The topological polar surface area (TPSA) is 38.8 Å². The minimum absolute atomic E-state index is 0.00828. The molecule has 2 aromatic carbocycles. The van der Waals surface area contributed by atoms with Crippen LogP contribution in [0.25, 0.3) is 0 Å². The first-order valence-corrected chi connectivity index (χ1v) is 7.35. The van der Waals surface area contributed by atoms with Crippen LogP contribution in [0.1, 0.15) is 22.8 Å². The molecule has 4 heteroatoms. The number of rotatable bonds is 2. The predicted molar refractivity (Wildman–Crippen MR) is 84.3 cm³/mol. The molecule has 2 aromatic rings. The second-order valence-corrected chi connectivity index (χ2v) is 5.45. The summed E-state index contributed by atoms with van der Waals surface area (Å²) in [6.45, 7) is 3.09. The number of para-hydroxylation sites is 1. The van der Waals surface area contributed by atoms with Crippen LogP contribution in [-0.2, 0) is 6.54 Å². The van der Waals surface area contributed by atoms with Crippen LogP contribution in [0.2, 0.25) is 0 Å². The SMILES string of the molecule is COc1cccc(C(=O)N2Cc3ccccc3OC(C)C2)c1. The van der Waals surface area contributed by atoms with Gasteiger partial charge in [-0.2, -0.15) is 0 Å². The molecular formula is C18H19NO3. The Morgan fingerprint density at radius 2 is 2.05 bits per heavy atom. The lowest BCUT2D eigenvalue weighted by Gasteiger charge is -2.22. The van der Waals surface area contributed by atoms with E-state index in [9.17, 15) is 4.79 Å². The number of fused-ring (bicyclic) bond motifs is 1. The zero-order valence-electron chi connectivity index (χ0n) is 12.8. The van der Waals surface area contributed by atoms with Crippen LogP contribution >= 0.6 is 0 Å². The molecule has 1 aliphatic rings. The fraction of sp³-hybridized carbons (Fsp3) is 0.278. The maximum Gasteiger partial charge on any atom is 0.254 e. The molecule has 1 atom stereocenters. The molecule has 114 valence electrons. The Bertz CT molecular complexity index is 684.